The van der Waals surface area contributed by atoms with Crippen molar-refractivity contribution in [3.63, 3.8) is 0 Å². The Morgan fingerprint density at radius 3 is 2.65 bits per heavy atom. The molecule has 1 heterocycles. The summed E-state index contributed by atoms with van der Waals surface area (Å²) < 4.78 is 7.27. The van der Waals surface area contributed by atoms with Gasteiger partial charge in [0.15, 0.2) is 0 Å². The third-order valence-electron chi connectivity index (χ3n) is 5.96. The third kappa shape index (κ3) is 5.44. The molecule has 6 heteroatoms. The van der Waals surface area contributed by atoms with Crippen molar-refractivity contribution in [1.82, 2.24) is 14.9 Å². The van der Waals surface area contributed by atoms with Crippen LogP contribution in [-0.4, -0.2) is 41.8 Å². The lowest BCUT2D eigenvalue weighted by atomic mass is 9.96. The average Bonchev–Trinajstić information content (AvgIpc) is 3.14. The zero-order valence-corrected chi connectivity index (χ0v) is 18.3. The Morgan fingerprint density at radius 2 is 1.87 bits per heavy atom. The Bertz CT molecular complexity index is 990. The smallest absolute Gasteiger partial charge is 0.251 e. The molecule has 0 spiro atoms. The van der Waals surface area contributed by atoms with Crippen molar-refractivity contribution in [3.05, 3.63) is 59.7 Å². The molecule has 2 aromatic carbocycles. The van der Waals surface area contributed by atoms with Crippen molar-refractivity contribution in [2.75, 3.05) is 25.6 Å². The van der Waals surface area contributed by atoms with Crippen LogP contribution >= 0.6 is 0 Å². The van der Waals surface area contributed by atoms with Gasteiger partial charge in [0.2, 0.25) is 5.95 Å². The summed E-state index contributed by atoms with van der Waals surface area (Å²) in [6, 6.07) is 16.6. The minimum atomic E-state index is -0.0459. The number of para-hydroxylation sites is 2. The van der Waals surface area contributed by atoms with Gasteiger partial charge >= 0.3 is 0 Å². The minimum Gasteiger partial charge on any atom is -0.385 e. The van der Waals surface area contributed by atoms with Gasteiger partial charge < -0.3 is 19.9 Å². The van der Waals surface area contributed by atoms with Crippen LogP contribution < -0.4 is 10.6 Å². The fraction of sp³-hybridized carbons (Fsp3) is 0.440. The molecule has 2 N–H and O–H groups in total. The van der Waals surface area contributed by atoms with Gasteiger partial charge in [-0.3, -0.25) is 4.79 Å². The molecule has 0 bridgehead atoms. The molecule has 0 radical (unpaired) electrons. The molecule has 1 aliphatic carbocycles. The molecule has 164 valence electrons. The molecule has 0 aliphatic heterocycles. The lowest BCUT2D eigenvalue weighted by Crippen LogP contribution is -2.25. The number of imidazole rings is 1. The van der Waals surface area contributed by atoms with Gasteiger partial charge in [-0.1, -0.05) is 43.5 Å². The monoisotopic (exact) mass is 420 g/mol. The number of anilines is 1. The van der Waals surface area contributed by atoms with Crippen molar-refractivity contribution in [2.45, 2.75) is 51.1 Å². The SMILES string of the molecule is COCCCNC(=O)c1ccc(Cn2c(NC3CCCCC3)nc3ccccc32)cc1. The maximum atomic E-state index is 12.3. The molecular weight excluding hydrogens is 388 g/mol. The quantitative estimate of drug-likeness (QED) is 0.497. The minimum absolute atomic E-state index is 0.0459. The van der Waals surface area contributed by atoms with E-state index in [-0.39, 0.29) is 5.91 Å². The molecule has 1 amide bonds. The predicted molar refractivity (Wildman–Crippen MR) is 125 cm³/mol. The molecule has 0 unspecified atom stereocenters. The molecule has 1 fully saturated rings. The van der Waals surface area contributed by atoms with Gasteiger partial charge in [-0.05, 0) is 49.1 Å². The van der Waals surface area contributed by atoms with Crippen molar-refractivity contribution in [1.29, 1.82) is 0 Å². The molecule has 31 heavy (non-hydrogen) atoms. The van der Waals surface area contributed by atoms with E-state index in [1.165, 1.54) is 32.1 Å². The lowest BCUT2D eigenvalue weighted by molar-refractivity contribution is 0.0948. The van der Waals surface area contributed by atoms with Gasteiger partial charge in [0, 0.05) is 31.9 Å². The number of hydrogen-bond acceptors (Lipinski definition) is 4. The Morgan fingerprint density at radius 1 is 1.10 bits per heavy atom. The lowest BCUT2D eigenvalue weighted by Gasteiger charge is -2.23. The number of carbonyl (C=O) groups is 1. The van der Waals surface area contributed by atoms with Gasteiger partial charge in [-0.25, -0.2) is 4.98 Å². The summed E-state index contributed by atoms with van der Waals surface area (Å²) in [6.07, 6.45) is 7.13. The molecule has 1 aliphatic rings. The number of benzene rings is 2. The maximum Gasteiger partial charge on any atom is 0.251 e. The second-order valence-electron chi connectivity index (χ2n) is 8.29. The highest BCUT2D eigenvalue weighted by molar-refractivity contribution is 5.94. The van der Waals surface area contributed by atoms with E-state index >= 15 is 0 Å². The number of rotatable bonds is 9. The first kappa shape index (κ1) is 21.4. The third-order valence-corrected chi connectivity index (χ3v) is 5.96. The number of nitrogens with one attached hydrogen (secondary N) is 2. The fourth-order valence-electron chi connectivity index (χ4n) is 4.24. The highest BCUT2D eigenvalue weighted by Crippen LogP contribution is 2.25. The zero-order chi connectivity index (χ0) is 21.5. The summed E-state index contributed by atoms with van der Waals surface area (Å²) in [5.74, 6) is 0.892. The second-order valence-corrected chi connectivity index (χ2v) is 8.29. The highest BCUT2D eigenvalue weighted by Gasteiger charge is 2.18. The number of carbonyl (C=O) groups excluding carboxylic acids is 1. The first-order chi connectivity index (χ1) is 15.2. The van der Waals surface area contributed by atoms with Gasteiger partial charge in [0.05, 0.1) is 17.6 Å². The summed E-state index contributed by atoms with van der Waals surface area (Å²) in [5.41, 5.74) is 3.96. The van der Waals surface area contributed by atoms with Crippen LogP contribution in [0.2, 0.25) is 0 Å². The van der Waals surface area contributed by atoms with Crippen LogP contribution in [-0.2, 0) is 11.3 Å². The van der Waals surface area contributed by atoms with E-state index in [9.17, 15) is 4.79 Å². The molecule has 1 saturated carbocycles. The number of fused-ring (bicyclic) bond motifs is 1. The van der Waals surface area contributed by atoms with Crippen LogP contribution in [0.4, 0.5) is 5.95 Å². The zero-order valence-electron chi connectivity index (χ0n) is 18.3. The Kier molecular flexibility index (Phi) is 7.20. The van der Waals surface area contributed by atoms with Crippen molar-refractivity contribution in [3.8, 4) is 0 Å². The van der Waals surface area contributed by atoms with Gasteiger partial charge in [0.25, 0.3) is 5.91 Å². The predicted octanol–water partition coefficient (Wildman–Crippen LogP) is 4.60. The van der Waals surface area contributed by atoms with E-state index in [0.29, 0.717) is 31.3 Å². The molecule has 0 saturated heterocycles. The largest absolute Gasteiger partial charge is 0.385 e. The number of hydrogen-bond donors (Lipinski definition) is 2. The summed E-state index contributed by atoms with van der Waals surface area (Å²) in [4.78, 5) is 17.2. The highest BCUT2D eigenvalue weighted by atomic mass is 16.5. The van der Waals surface area contributed by atoms with Gasteiger partial charge in [-0.15, -0.1) is 0 Å². The van der Waals surface area contributed by atoms with E-state index < -0.39 is 0 Å². The van der Waals surface area contributed by atoms with E-state index in [4.69, 9.17) is 9.72 Å². The molecule has 0 atom stereocenters. The average molecular weight is 421 g/mol. The van der Waals surface area contributed by atoms with Crippen LogP contribution in [0.3, 0.4) is 0 Å². The first-order valence-corrected chi connectivity index (χ1v) is 11.3. The number of methoxy groups -OCH3 is 1. The van der Waals surface area contributed by atoms with E-state index in [1.807, 2.05) is 30.3 Å². The van der Waals surface area contributed by atoms with Crippen LogP contribution in [0, 0.1) is 0 Å². The summed E-state index contributed by atoms with van der Waals surface area (Å²) >= 11 is 0. The van der Waals surface area contributed by atoms with Gasteiger partial charge in [-0.2, -0.15) is 0 Å². The normalized spacial score (nSPS) is 14.6. The number of nitrogens with zero attached hydrogens (tertiary/aromatic N) is 2. The molecular formula is C25H32N4O2. The Labute approximate surface area is 184 Å². The van der Waals surface area contributed by atoms with Crippen LogP contribution in [0.1, 0.15) is 54.4 Å². The number of aromatic nitrogens is 2. The van der Waals surface area contributed by atoms with Crippen LogP contribution in [0.5, 0.6) is 0 Å². The maximum absolute atomic E-state index is 12.3. The second kappa shape index (κ2) is 10.4. The number of ether oxygens (including phenoxy) is 1. The van der Waals surface area contributed by atoms with Crippen LogP contribution in [0.15, 0.2) is 48.5 Å². The van der Waals surface area contributed by atoms with E-state index in [0.717, 1.165) is 29.0 Å². The molecule has 1 aromatic heterocycles. The van der Waals surface area contributed by atoms with E-state index in [2.05, 4.69) is 33.4 Å². The van der Waals surface area contributed by atoms with Gasteiger partial charge in [0.1, 0.15) is 0 Å². The Hall–Kier alpha value is -2.86. The number of amides is 1. The van der Waals surface area contributed by atoms with Crippen molar-refractivity contribution >= 4 is 22.9 Å². The van der Waals surface area contributed by atoms with Crippen molar-refractivity contribution in [2.24, 2.45) is 0 Å². The summed E-state index contributed by atoms with van der Waals surface area (Å²) in [6.45, 7) is 1.98. The summed E-state index contributed by atoms with van der Waals surface area (Å²) in [7, 11) is 1.67. The molecule has 3 aromatic rings. The molecule has 6 nitrogen and oxygen atoms in total. The topological polar surface area (TPSA) is 68.2 Å². The Balaban J connectivity index is 1.48. The summed E-state index contributed by atoms with van der Waals surface area (Å²) in [5, 5.41) is 6.63. The van der Waals surface area contributed by atoms with Crippen molar-refractivity contribution < 1.29 is 9.53 Å². The van der Waals surface area contributed by atoms with Crippen LogP contribution in [0.25, 0.3) is 11.0 Å². The standard InChI is InChI=1S/C25H32N4O2/c1-31-17-7-16-26-24(30)20-14-12-19(13-15-20)18-29-23-11-6-5-10-22(23)28-25(29)27-21-8-3-2-4-9-21/h5-6,10-15,21H,2-4,7-9,16-18H2,1H3,(H,26,30)(H,27,28). The first-order valence-electron chi connectivity index (χ1n) is 11.3. The molecule has 4 rings (SSSR count). The van der Waals surface area contributed by atoms with E-state index in [1.54, 1.807) is 7.11 Å². The fourth-order valence-corrected chi connectivity index (χ4v) is 4.24.